The molecule has 1 aromatic rings. The minimum atomic E-state index is -7.91. The maximum Gasteiger partial charge on any atom is 0.460 e. The van der Waals surface area contributed by atoms with Gasteiger partial charge >= 0.3 is 35.8 Å². The molecule has 1 rings (SSSR count). The first-order chi connectivity index (χ1) is 21.4. The van der Waals surface area contributed by atoms with E-state index < -0.39 is 55.2 Å². The molecule has 0 aromatic heterocycles. The standard InChI is InChI=1S/C31H37F13O3/c1-20(8-5-10-21(2)18-45)9-6-11-22(3)23(4)47-19-24-12-14-25(15-13-24)46-17-7-16-26(32,33)27(34,35)28(36,37)29(38,39)30(40,41)31(42,43)44/h5-6,8,11-15,18,20-23H,7,9-10,16-17,19H2,1-4H3/b8-5+,11-6+/t20-,21-,22-,23+/m0/s1. The second-order valence-corrected chi connectivity index (χ2v) is 11.4. The van der Waals surface area contributed by atoms with Crippen molar-refractivity contribution in [2.75, 3.05) is 6.61 Å². The summed E-state index contributed by atoms with van der Waals surface area (Å²) < 4.78 is 183. The fourth-order valence-electron chi connectivity index (χ4n) is 3.83. The lowest BCUT2D eigenvalue weighted by molar-refractivity contribution is -0.440. The van der Waals surface area contributed by atoms with Gasteiger partial charge in [-0.1, -0.05) is 57.2 Å². The molecule has 0 N–H and O–H groups in total. The lowest BCUT2D eigenvalue weighted by atomic mass is 9.92. The molecule has 3 nitrogen and oxygen atoms in total. The molecule has 0 saturated carbocycles. The summed E-state index contributed by atoms with van der Waals surface area (Å²) in [6.45, 7) is 6.99. The number of benzene rings is 1. The first-order valence-corrected chi connectivity index (χ1v) is 14.4. The number of halogens is 13. The quantitative estimate of drug-likeness (QED) is 0.0587. The Morgan fingerprint density at radius 3 is 1.72 bits per heavy atom. The van der Waals surface area contributed by atoms with Crippen molar-refractivity contribution in [3.05, 3.63) is 54.1 Å². The van der Waals surface area contributed by atoms with E-state index in [1.54, 1.807) is 0 Å². The lowest BCUT2D eigenvalue weighted by Crippen LogP contribution is -2.70. The first kappa shape index (κ1) is 42.2. The molecular weight excluding hydrogens is 667 g/mol. The maximum absolute atomic E-state index is 13.9. The van der Waals surface area contributed by atoms with Gasteiger partial charge in [0.15, 0.2) is 0 Å². The van der Waals surface area contributed by atoms with Gasteiger partial charge in [-0.05, 0) is 55.7 Å². The Morgan fingerprint density at radius 1 is 0.681 bits per heavy atom. The summed E-state index contributed by atoms with van der Waals surface area (Å²) in [5.41, 5.74) is 0.647. The highest BCUT2D eigenvalue weighted by atomic mass is 19.4. The SMILES string of the molecule is C[C@H](C=O)C/C=C/[C@H](C)C/C=C/[C@H](C)[C@@H](C)OCc1ccc(OCCCC(F)(F)C(F)(F)C(F)(F)C(F)(F)C(F)(F)C(F)(F)F)cc1. The van der Waals surface area contributed by atoms with Crippen molar-refractivity contribution < 1.29 is 71.3 Å². The zero-order valence-corrected chi connectivity index (χ0v) is 25.9. The molecular formula is C31H37F13O3. The van der Waals surface area contributed by atoms with Gasteiger partial charge in [0, 0.05) is 12.3 Å². The number of carbonyl (C=O) groups excluding carboxylic acids is 1. The third-order valence-electron chi connectivity index (χ3n) is 7.23. The summed E-state index contributed by atoms with van der Waals surface area (Å²) in [6, 6.07) is 5.68. The van der Waals surface area contributed by atoms with E-state index in [2.05, 4.69) is 0 Å². The van der Waals surface area contributed by atoms with Crippen LogP contribution in [0.1, 0.15) is 58.9 Å². The van der Waals surface area contributed by atoms with E-state index >= 15 is 0 Å². The summed E-state index contributed by atoms with van der Waals surface area (Å²) in [5.74, 6) is -36.6. The van der Waals surface area contributed by atoms with E-state index in [4.69, 9.17) is 9.47 Å². The summed E-state index contributed by atoms with van der Waals surface area (Å²) in [7, 11) is 0. The summed E-state index contributed by atoms with van der Waals surface area (Å²) in [5, 5.41) is 0. The van der Waals surface area contributed by atoms with Gasteiger partial charge in [-0.2, -0.15) is 57.1 Å². The van der Waals surface area contributed by atoms with Gasteiger partial charge in [0.05, 0.1) is 19.3 Å². The number of rotatable bonds is 20. The minimum Gasteiger partial charge on any atom is -0.494 e. The number of hydrogen-bond acceptors (Lipinski definition) is 3. The van der Waals surface area contributed by atoms with Crippen LogP contribution in [-0.4, -0.2) is 54.8 Å². The van der Waals surface area contributed by atoms with E-state index in [0.29, 0.717) is 12.0 Å². The number of carbonyl (C=O) groups is 1. The van der Waals surface area contributed by atoms with Gasteiger partial charge < -0.3 is 14.3 Å². The average Bonchev–Trinajstić information content (AvgIpc) is 2.97. The van der Waals surface area contributed by atoms with Crippen LogP contribution in [0, 0.1) is 17.8 Å². The van der Waals surface area contributed by atoms with Crippen LogP contribution in [0.25, 0.3) is 0 Å². The Bertz CT molecular complexity index is 1160. The molecule has 270 valence electrons. The van der Waals surface area contributed by atoms with E-state index in [0.717, 1.165) is 12.7 Å². The normalized spacial score (nSPS) is 16.8. The molecule has 47 heavy (non-hydrogen) atoms. The van der Waals surface area contributed by atoms with Crippen LogP contribution in [-0.2, 0) is 16.1 Å². The van der Waals surface area contributed by atoms with Crippen molar-refractivity contribution in [2.24, 2.45) is 17.8 Å². The highest BCUT2D eigenvalue weighted by Crippen LogP contribution is 2.60. The Morgan fingerprint density at radius 2 is 1.19 bits per heavy atom. The maximum atomic E-state index is 13.9. The number of aldehydes is 1. The van der Waals surface area contributed by atoms with Crippen molar-refractivity contribution in [2.45, 2.75) is 102 Å². The molecule has 0 bridgehead atoms. The Hall–Kier alpha value is -2.78. The van der Waals surface area contributed by atoms with Gasteiger partial charge in [-0.3, -0.25) is 0 Å². The molecule has 4 atom stereocenters. The topological polar surface area (TPSA) is 35.5 Å². The van der Waals surface area contributed by atoms with Gasteiger partial charge in [0.2, 0.25) is 0 Å². The highest BCUT2D eigenvalue weighted by Gasteiger charge is 2.90. The minimum absolute atomic E-state index is 0.00125. The molecule has 0 spiro atoms. The van der Waals surface area contributed by atoms with Gasteiger partial charge in [-0.25, -0.2) is 0 Å². The number of ether oxygens (including phenoxy) is 2. The van der Waals surface area contributed by atoms with E-state index in [1.807, 2.05) is 52.0 Å². The van der Waals surface area contributed by atoms with Crippen LogP contribution >= 0.6 is 0 Å². The molecule has 0 saturated heterocycles. The Kier molecular flexibility index (Phi) is 14.9. The molecule has 0 unspecified atom stereocenters. The Balaban J connectivity index is 2.63. The van der Waals surface area contributed by atoms with Crippen molar-refractivity contribution >= 4 is 6.29 Å². The molecule has 0 radical (unpaired) electrons. The van der Waals surface area contributed by atoms with Crippen LogP contribution in [0.5, 0.6) is 5.75 Å². The molecule has 0 amide bonds. The second-order valence-electron chi connectivity index (χ2n) is 11.4. The van der Waals surface area contributed by atoms with Crippen molar-refractivity contribution in [1.82, 2.24) is 0 Å². The van der Waals surface area contributed by atoms with E-state index in [-0.39, 0.29) is 36.2 Å². The van der Waals surface area contributed by atoms with E-state index in [1.165, 1.54) is 24.3 Å². The van der Waals surface area contributed by atoms with Crippen LogP contribution in [0.4, 0.5) is 57.1 Å². The zero-order chi connectivity index (χ0) is 36.5. The fraction of sp³-hybridized carbons (Fsp3) is 0.645. The predicted octanol–water partition coefficient (Wildman–Crippen LogP) is 10.5. The molecule has 0 aliphatic heterocycles. The van der Waals surface area contributed by atoms with Crippen molar-refractivity contribution in [3.8, 4) is 5.75 Å². The average molecular weight is 705 g/mol. The number of allylic oxidation sites excluding steroid dienone is 3. The number of alkyl halides is 13. The van der Waals surface area contributed by atoms with Gasteiger partial charge in [0.25, 0.3) is 0 Å². The fourth-order valence-corrected chi connectivity index (χ4v) is 3.83. The molecule has 16 heteroatoms. The summed E-state index contributed by atoms with van der Waals surface area (Å²) >= 11 is 0. The van der Waals surface area contributed by atoms with Crippen LogP contribution in [0.3, 0.4) is 0 Å². The van der Waals surface area contributed by atoms with Crippen molar-refractivity contribution in [1.29, 1.82) is 0 Å². The smallest absolute Gasteiger partial charge is 0.460 e. The molecule has 1 aromatic carbocycles. The third kappa shape index (κ3) is 10.6. The zero-order valence-electron chi connectivity index (χ0n) is 25.9. The lowest BCUT2D eigenvalue weighted by Gasteiger charge is -2.39. The molecule has 0 aliphatic rings. The van der Waals surface area contributed by atoms with Crippen LogP contribution in [0.2, 0.25) is 0 Å². The summed E-state index contributed by atoms with van der Waals surface area (Å²) in [4.78, 5) is 10.7. The predicted molar refractivity (Wildman–Crippen MR) is 147 cm³/mol. The number of hydrogen-bond donors (Lipinski definition) is 0. The molecule has 0 fully saturated rings. The first-order valence-electron chi connectivity index (χ1n) is 14.4. The third-order valence-corrected chi connectivity index (χ3v) is 7.23. The van der Waals surface area contributed by atoms with Crippen molar-refractivity contribution in [3.63, 3.8) is 0 Å². The van der Waals surface area contributed by atoms with E-state index in [9.17, 15) is 61.9 Å². The largest absolute Gasteiger partial charge is 0.494 e. The second kappa shape index (κ2) is 16.6. The van der Waals surface area contributed by atoms with Gasteiger partial charge in [-0.15, -0.1) is 0 Å². The van der Waals surface area contributed by atoms with Crippen LogP contribution in [0.15, 0.2) is 48.6 Å². The highest BCUT2D eigenvalue weighted by molar-refractivity contribution is 5.52. The monoisotopic (exact) mass is 704 g/mol. The van der Waals surface area contributed by atoms with Crippen LogP contribution < -0.4 is 4.74 Å². The van der Waals surface area contributed by atoms with Gasteiger partial charge in [0.1, 0.15) is 12.0 Å². The summed E-state index contributed by atoms with van der Waals surface area (Å²) in [6.07, 6.45) is -0.741. The molecule has 0 aliphatic carbocycles. The Labute approximate surface area is 264 Å². The molecule has 0 heterocycles.